The molecule has 1 atom stereocenters. The van der Waals surface area contributed by atoms with Crippen LogP contribution in [0.1, 0.15) is 51.7 Å². The second-order valence-corrected chi connectivity index (χ2v) is 7.75. The van der Waals surface area contributed by atoms with Crippen molar-refractivity contribution >= 4 is 6.09 Å². The van der Waals surface area contributed by atoms with Crippen LogP contribution < -0.4 is 5.32 Å². The molecule has 7 heteroatoms. The van der Waals surface area contributed by atoms with Crippen molar-refractivity contribution in [3.05, 3.63) is 45.8 Å². The Bertz CT molecular complexity index is 636. The third-order valence-electron chi connectivity index (χ3n) is 3.77. The number of nitrogens with one attached hydrogen (secondary N) is 1. The van der Waals surface area contributed by atoms with E-state index < -0.39 is 17.2 Å². The molecule has 144 valence electrons. The van der Waals surface area contributed by atoms with Crippen LogP contribution in [0.4, 0.5) is 4.79 Å². The fraction of sp³-hybridized carbons (Fsp3) is 0.632. The third kappa shape index (κ3) is 8.74. The van der Waals surface area contributed by atoms with Gasteiger partial charge in [-0.1, -0.05) is 29.4 Å². The number of amides is 1. The lowest BCUT2D eigenvalue weighted by Crippen LogP contribution is -2.52. The number of ether oxygens (including phenoxy) is 1. The smallest absolute Gasteiger partial charge is 0.408 e. The normalized spacial score (nSPS) is 13.4. The maximum atomic E-state index is 12.0. The van der Waals surface area contributed by atoms with Gasteiger partial charge >= 0.3 is 6.09 Å². The number of alkyl carbamates (subject to hydrolysis) is 1. The molecule has 0 fully saturated rings. The molecule has 7 nitrogen and oxygen atoms in total. The molecule has 0 radical (unpaired) electrons. The quantitative estimate of drug-likeness (QED) is 0.298. The van der Waals surface area contributed by atoms with E-state index in [2.05, 4.69) is 27.5 Å². The Morgan fingerprint density at radius 1 is 1.27 bits per heavy atom. The fourth-order valence-electron chi connectivity index (χ4n) is 2.59. The van der Waals surface area contributed by atoms with Gasteiger partial charge in [-0.05, 0) is 70.0 Å². The Hall–Kier alpha value is -2.24. The molecule has 26 heavy (non-hydrogen) atoms. The van der Waals surface area contributed by atoms with E-state index in [1.807, 2.05) is 12.1 Å². The van der Waals surface area contributed by atoms with Crippen LogP contribution in [0.15, 0.2) is 29.4 Å². The molecule has 0 bridgehead atoms. The minimum Gasteiger partial charge on any atom is -0.444 e. The van der Waals surface area contributed by atoms with Gasteiger partial charge in [-0.3, -0.25) is 0 Å². The molecule has 0 aliphatic carbocycles. The second kappa shape index (κ2) is 10.0. The first-order valence-electron chi connectivity index (χ1n) is 8.88. The van der Waals surface area contributed by atoms with Crippen LogP contribution in [-0.4, -0.2) is 35.5 Å². The number of aliphatic hydroxyl groups excluding tert-OH is 1. The second-order valence-electron chi connectivity index (χ2n) is 7.75. The number of hydrogen-bond acceptors (Lipinski definition) is 4. The van der Waals surface area contributed by atoms with Gasteiger partial charge in [0.05, 0.1) is 12.1 Å². The highest BCUT2D eigenvalue weighted by Crippen LogP contribution is 2.17. The molecule has 1 amide bonds. The summed E-state index contributed by atoms with van der Waals surface area (Å²) in [7, 11) is 0. The number of nitrogens with zero attached hydrogens (tertiary/aromatic N) is 3. The molecule has 0 saturated carbocycles. The molecule has 0 aromatic heterocycles. The maximum absolute atomic E-state index is 12.0. The zero-order chi connectivity index (χ0) is 19.6. The van der Waals surface area contributed by atoms with Gasteiger partial charge in [-0.25, -0.2) is 4.79 Å². The molecule has 0 aliphatic heterocycles. The van der Waals surface area contributed by atoms with Gasteiger partial charge in [0.2, 0.25) is 0 Å². The summed E-state index contributed by atoms with van der Waals surface area (Å²) in [6.07, 6.45) is 2.64. The van der Waals surface area contributed by atoms with Crippen LogP contribution in [0.2, 0.25) is 0 Å². The van der Waals surface area contributed by atoms with Crippen LogP contribution in [-0.2, 0) is 17.6 Å². The van der Waals surface area contributed by atoms with Gasteiger partial charge in [0.1, 0.15) is 5.60 Å². The van der Waals surface area contributed by atoms with Crippen LogP contribution >= 0.6 is 0 Å². The van der Waals surface area contributed by atoms with Gasteiger partial charge in [0, 0.05) is 11.5 Å². The van der Waals surface area contributed by atoms with Crippen LogP contribution in [0.3, 0.4) is 0 Å². The van der Waals surface area contributed by atoms with Crippen molar-refractivity contribution in [2.24, 2.45) is 5.11 Å². The first-order valence-corrected chi connectivity index (χ1v) is 8.88. The highest BCUT2D eigenvalue weighted by atomic mass is 16.6. The van der Waals surface area contributed by atoms with E-state index >= 15 is 0 Å². The number of rotatable bonds is 9. The Kier molecular flexibility index (Phi) is 8.42. The first-order chi connectivity index (χ1) is 12.2. The monoisotopic (exact) mass is 362 g/mol. The predicted molar refractivity (Wildman–Crippen MR) is 102 cm³/mol. The van der Waals surface area contributed by atoms with Crippen molar-refractivity contribution < 1.29 is 14.6 Å². The van der Waals surface area contributed by atoms with Crippen LogP contribution in [0.25, 0.3) is 10.4 Å². The SMILES string of the molecule is CC(CO)(Cc1cccc(CCCCN=[N+]=[N-])c1)NC(=O)OC(C)(C)C. The average molecular weight is 362 g/mol. The molecule has 0 aliphatic rings. The Labute approximate surface area is 155 Å². The summed E-state index contributed by atoms with van der Waals surface area (Å²) in [6.45, 7) is 7.52. The molecular weight excluding hydrogens is 332 g/mol. The van der Waals surface area contributed by atoms with Gasteiger partial charge in [0.25, 0.3) is 0 Å². The lowest BCUT2D eigenvalue weighted by Gasteiger charge is -2.30. The molecule has 0 heterocycles. The zero-order valence-corrected chi connectivity index (χ0v) is 16.2. The average Bonchev–Trinajstić information content (AvgIpc) is 2.53. The number of hydrogen-bond donors (Lipinski definition) is 2. The molecule has 1 aromatic rings. The van der Waals surface area contributed by atoms with E-state index in [0.717, 1.165) is 24.8 Å². The van der Waals surface area contributed by atoms with Crippen molar-refractivity contribution in [3.8, 4) is 0 Å². The highest BCUT2D eigenvalue weighted by molar-refractivity contribution is 5.68. The summed E-state index contributed by atoms with van der Waals surface area (Å²) in [5.41, 5.74) is 9.10. The van der Waals surface area contributed by atoms with E-state index in [0.29, 0.717) is 13.0 Å². The van der Waals surface area contributed by atoms with E-state index in [1.54, 1.807) is 27.7 Å². The molecule has 1 unspecified atom stereocenters. The molecule has 1 aromatic carbocycles. The number of carbonyl (C=O) groups is 1. The summed E-state index contributed by atoms with van der Waals surface area (Å²) in [5.74, 6) is 0. The molecular formula is C19H30N4O3. The summed E-state index contributed by atoms with van der Waals surface area (Å²) in [6, 6.07) is 8.09. The van der Waals surface area contributed by atoms with Gasteiger partial charge in [-0.15, -0.1) is 0 Å². The maximum Gasteiger partial charge on any atom is 0.408 e. The number of azide groups is 1. The lowest BCUT2D eigenvalue weighted by atomic mass is 9.92. The van der Waals surface area contributed by atoms with Crippen molar-refractivity contribution in [3.63, 3.8) is 0 Å². The molecule has 2 N–H and O–H groups in total. The lowest BCUT2D eigenvalue weighted by molar-refractivity contribution is 0.0415. The number of carbonyl (C=O) groups excluding carboxylic acids is 1. The molecule has 0 spiro atoms. The van der Waals surface area contributed by atoms with Crippen LogP contribution in [0.5, 0.6) is 0 Å². The number of aryl methyl sites for hydroxylation is 1. The largest absolute Gasteiger partial charge is 0.444 e. The highest BCUT2D eigenvalue weighted by Gasteiger charge is 2.28. The topological polar surface area (TPSA) is 107 Å². The molecule has 1 rings (SSSR count). The van der Waals surface area contributed by atoms with Crippen LogP contribution in [0, 0.1) is 0 Å². The Morgan fingerprint density at radius 2 is 1.96 bits per heavy atom. The van der Waals surface area contributed by atoms with Gasteiger partial charge < -0.3 is 15.2 Å². The fourth-order valence-corrected chi connectivity index (χ4v) is 2.59. The third-order valence-corrected chi connectivity index (χ3v) is 3.77. The minimum absolute atomic E-state index is 0.192. The van der Waals surface area contributed by atoms with Crippen molar-refractivity contribution in [2.75, 3.05) is 13.2 Å². The van der Waals surface area contributed by atoms with Gasteiger partial charge in [0.15, 0.2) is 0 Å². The number of aliphatic hydroxyl groups is 1. The summed E-state index contributed by atoms with van der Waals surface area (Å²) in [4.78, 5) is 14.8. The van der Waals surface area contributed by atoms with E-state index in [9.17, 15) is 9.90 Å². The van der Waals surface area contributed by atoms with Crippen molar-refractivity contribution in [2.45, 2.75) is 64.5 Å². The number of benzene rings is 1. The van der Waals surface area contributed by atoms with E-state index in [1.165, 1.54) is 5.56 Å². The minimum atomic E-state index is -0.803. The van der Waals surface area contributed by atoms with Gasteiger partial charge in [-0.2, -0.15) is 0 Å². The summed E-state index contributed by atoms with van der Waals surface area (Å²) in [5, 5.41) is 16.1. The standard InChI is InChI=1S/C19H30N4O3/c1-18(2,3)26-17(25)22-19(4,14-24)13-16-10-7-9-15(12-16)8-5-6-11-21-23-20/h7,9-10,12,24H,5-6,8,11,13-14H2,1-4H3,(H,22,25). The summed E-state index contributed by atoms with van der Waals surface area (Å²) < 4.78 is 5.29. The number of unbranched alkanes of at least 4 members (excludes halogenated alkanes) is 1. The summed E-state index contributed by atoms with van der Waals surface area (Å²) >= 11 is 0. The molecule has 0 saturated heterocycles. The Balaban J connectivity index is 2.67. The van der Waals surface area contributed by atoms with Crippen molar-refractivity contribution in [1.82, 2.24) is 5.32 Å². The van der Waals surface area contributed by atoms with Crippen molar-refractivity contribution in [1.29, 1.82) is 0 Å². The first kappa shape index (κ1) is 21.8. The Morgan fingerprint density at radius 3 is 2.58 bits per heavy atom. The van der Waals surface area contributed by atoms with E-state index in [4.69, 9.17) is 10.3 Å². The van der Waals surface area contributed by atoms with E-state index in [-0.39, 0.29) is 6.61 Å². The predicted octanol–water partition coefficient (Wildman–Crippen LogP) is 4.14. The zero-order valence-electron chi connectivity index (χ0n) is 16.2.